The van der Waals surface area contributed by atoms with Crippen LogP contribution < -0.4 is 21.3 Å². The van der Waals surface area contributed by atoms with Gasteiger partial charge in [0.2, 0.25) is 11.8 Å². The number of nitrogens with zero attached hydrogens (tertiary/aromatic N) is 4. The summed E-state index contributed by atoms with van der Waals surface area (Å²) in [6.07, 6.45) is 3.97. The SMILES string of the molecule is C=c1/c(=C/c2cccs2)n(C)c(=S)n1CC.Cc1ccc(C2CC(=O)NC(SCC(=O)Nc3nccs3)=C2C#N)cc1. The first-order chi connectivity index (χ1) is 20.2. The molecule has 0 radical (unpaired) electrons. The lowest BCUT2D eigenvalue weighted by molar-refractivity contribution is -0.121. The second kappa shape index (κ2) is 14.4. The van der Waals surface area contributed by atoms with Gasteiger partial charge in [-0.25, -0.2) is 4.98 Å². The highest BCUT2D eigenvalue weighted by molar-refractivity contribution is 8.03. The number of thioether (sulfide) groups is 1. The molecular weight excluding hydrogens is 605 g/mol. The molecule has 0 fully saturated rings. The Labute approximate surface area is 261 Å². The molecule has 4 aromatic rings. The van der Waals surface area contributed by atoms with Crippen molar-refractivity contribution in [2.45, 2.75) is 32.7 Å². The fraction of sp³-hybridized carbons (Fsp3) is 0.233. The van der Waals surface area contributed by atoms with Gasteiger partial charge in [0.1, 0.15) is 0 Å². The van der Waals surface area contributed by atoms with Crippen molar-refractivity contribution < 1.29 is 9.59 Å². The van der Waals surface area contributed by atoms with Crippen molar-refractivity contribution in [2.24, 2.45) is 7.05 Å². The highest BCUT2D eigenvalue weighted by atomic mass is 32.2. The van der Waals surface area contributed by atoms with Crippen molar-refractivity contribution in [1.29, 1.82) is 5.26 Å². The number of thiophene rings is 1. The number of aryl methyl sites for hydroxylation is 1. The number of carbonyl (C=O) groups is 2. The van der Waals surface area contributed by atoms with Crippen molar-refractivity contribution in [3.8, 4) is 6.07 Å². The third-order valence-electron chi connectivity index (χ3n) is 6.50. The average molecular weight is 635 g/mol. The lowest BCUT2D eigenvalue weighted by Crippen LogP contribution is -2.31. The number of allylic oxidation sites excluding steroid dienone is 1. The zero-order chi connectivity index (χ0) is 30.2. The largest absolute Gasteiger partial charge is 0.320 e. The lowest BCUT2D eigenvalue weighted by Gasteiger charge is -2.25. The molecule has 216 valence electrons. The van der Waals surface area contributed by atoms with Crippen LogP contribution in [0.25, 0.3) is 12.7 Å². The van der Waals surface area contributed by atoms with Crippen LogP contribution in [0.2, 0.25) is 0 Å². The molecule has 1 unspecified atom stereocenters. The van der Waals surface area contributed by atoms with Crippen molar-refractivity contribution in [3.63, 3.8) is 0 Å². The van der Waals surface area contributed by atoms with Gasteiger partial charge in [-0.2, -0.15) is 5.26 Å². The van der Waals surface area contributed by atoms with Gasteiger partial charge in [-0.3, -0.25) is 9.59 Å². The van der Waals surface area contributed by atoms with E-state index in [1.807, 2.05) is 48.9 Å². The third kappa shape index (κ3) is 7.54. The first-order valence-corrected chi connectivity index (χ1v) is 16.2. The Morgan fingerprint density at radius 3 is 2.67 bits per heavy atom. The minimum atomic E-state index is -0.293. The molecule has 3 aromatic heterocycles. The maximum atomic E-state index is 12.1. The number of imidazole rings is 1. The molecule has 1 aliphatic heterocycles. The molecule has 0 aliphatic carbocycles. The number of nitrogens with one attached hydrogen (secondary N) is 2. The molecule has 0 bridgehead atoms. The molecule has 0 saturated heterocycles. The summed E-state index contributed by atoms with van der Waals surface area (Å²) in [5.74, 6) is -0.598. The highest BCUT2D eigenvalue weighted by Crippen LogP contribution is 2.36. The molecular formula is C30H30N6O2S4. The molecule has 2 N–H and O–H groups in total. The topological polar surface area (TPSA) is 105 Å². The van der Waals surface area contributed by atoms with Gasteiger partial charge in [0.25, 0.3) is 0 Å². The van der Waals surface area contributed by atoms with Crippen molar-refractivity contribution in [3.05, 3.63) is 95.4 Å². The Morgan fingerprint density at radius 2 is 2.07 bits per heavy atom. The second-order valence-electron chi connectivity index (χ2n) is 9.32. The van der Waals surface area contributed by atoms with Crippen LogP contribution in [-0.4, -0.2) is 31.7 Å². The smallest absolute Gasteiger partial charge is 0.236 e. The third-order valence-corrected chi connectivity index (χ3v) is 9.52. The Bertz CT molecular complexity index is 1790. The summed E-state index contributed by atoms with van der Waals surface area (Å²) < 4.78 is 4.89. The van der Waals surface area contributed by atoms with Crippen LogP contribution >= 0.6 is 46.7 Å². The molecule has 12 heteroatoms. The van der Waals surface area contributed by atoms with Gasteiger partial charge in [0, 0.05) is 42.4 Å². The zero-order valence-electron chi connectivity index (χ0n) is 23.4. The second-order valence-corrected chi connectivity index (χ2v) is 12.5. The molecule has 4 heterocycles. The predicted octanol–water partition coefficient (Wildman–Crippen LogP) is 5.04. The minimum Gasteiger partial charge on any atom is -0.320 e. The minimum absolute atomic E-state index is 0.0843. The van der Waals surface area contributed by atoms with Crippen molar-refractivity contribution >= 4 is 76.3 Å². The van der Waals surface area contributed by atoms with Crippen LogP contribution in [0.3, 0.4) is 0 Å². The summed E-state index contributed by atoms with van der Waals surface area (Å²) in [5.41, 5.74) is 2.53. The Kier molecular flexibility index (Phi) is 10.7. The van der Waals surface area contributed by atoms with Gasteiger partial charge in [0.15, 0.2) is 9.90 Å². The maximum Gasteiger partial charge on any atom is 0.236 e. The van der Waals surface area contributed by atoms with E-state index in [9.17, 15) is 14.9 Å². The Morgan fingerprint density at radius 1 is 1.31 bits per heavy atom. The van der Waals surface area contributed by atoms with Gasteiger partial charge >= 0.3 is 0 Å². The Hall–Kier alpha value is -3.76. The highest BCUT2D eigenvalue weighted by Gasteiger charge is 2.29. The molecule has 1 aromatic carbocycles. The summed E-state index contributed by atoms with van der Waals surface area (Å²) in [7, 11) is 1.99. The number of hydrogen-bond acceptors (Lipinski definition) is 8. The zero-order valence-corrected chi connectivity index (χ0v) is 26.7. The van der Waals surface area contributed by atoms with Crippen LogP contribution in [0.5, 0.6) is 0 Å². The summed E-state index contributed by atoms with van der Waals surface area (Å²) in [5, 5.41) is 21.9. The predicted molar refractivity (Wildman–Crippen MR) is 175 cm³/mol. The van der Waals surface area contributed by atoms with E-state index in [-0.39, 0.29) is 29.9 Å². The van der Waals surface area contributed by atoms with Crippen LogP contribution in [0.4, 0.5) is 5.13 Å². The molecule has 0 spiro atoms. The van der Waals surface area contributed by atoms with E-state index in [4.69, 9.17) is 12.2 Å². The fourth-order valence-electron chi connectivity index (χ4n) is 4.34. The number of amides is 2. The first-order valence-electron chi connectivity index (χ1n) is 13.0. The Balaban J connectivity index is 0.000000216. The molecule has 42 heavy (non-hydrogen) atoms. The van der Waals surface area contributed by atoms with E-state index in [0.717, 1.165) is 44.9 Å². The van der Waals surface area contributed by atoms with Gasteiger partial charge in [-0.1, -0.05) is 54.2 Å². The van der Waals surface area contributed by atoms with Crippen LogP contribution in [0.1, 0.15) is 35.3 Å². The van der Waals surface area contributed by atoms with Crippen LogP contribution in [-0.2, 0) is 23.2 Å². The molecule has 2 amide bonds. The van der Waals surface area contributed by atoms with Gasteiger partial charge in [-0.15, -0.1) is 22.7 Å². The number of hydrogen-bond donors (Lipinski definition) is 2. The fourth-order valence-corrected chi connectivity index (χ4v) is 6.75. The summed E-state index contributed by atoms with van der Waals surface area (Å²) in [6.45, 7) is 9.04. The van der Waals surface area contributed by atoms with E-state index in [0.29, 0.717) is 15.7 Å². The molecule has 8 nitrogen and oxygen atoms in total. The number of nitriles is 1. The lowest BCUT2D eigenvalue weighted by atomic mass is 9.87. The maximum absolute atomic E-state index is 12.1. The van der Waals surface area contributed by atoms with Crippen LogP contribution in [0.15, 0.2) is 64.0 Å². The standard InChI is InChI=1S/C18H16N4O2S2.C12H14N2S2/c1-11-2-4-12(5-3-11)13-8-15(23)21-17(14(13)9-19)26-10-16(24)22-18-20-6-7-25-18;1-4-14-9(2)11(13(3)12(14)15)8-10-6-5-7-16-10/h2-7,13H,8,10H2,1H3,(H,21,23)(H,20,22,24);5-8H,2,4H2,1,3H3/b;11-8-. The summed E-state index contributed by atoms with van der Waals surface area (Å²) in [4.78, 5) is 29.4. The monoisotopic (exact) mass is 634 g/mol. The van der Waals surface area contributed by atoms with Gasteiger partial charge < -0.3 is 19.8 Å². The number of thiazole rings is 1. The van der Waals surface area contributed by atoms with E-state index < -0.39 is 0 Å². The number of benzene rings is 1. The van der Waals surface area contributed by atoms with E-state index >= 15 is 0 Å². The first kappa shape index (κ1) is 31.2. The molecule has 0 saturated carbocycles. The normalized spacial score (nSPS) is 15.0. The van der Waals surface area contributed by atoms with E-state index in [1.54, 1.807) is 22.9 Å². The number of carbonyl (C=O) groups excluding carboxylic acids is 2. The van der Waals surface area contributed by atoms with Crippen molar-refractivity contribution in [1.82, 2.24) is 19.4 Å². The summed E-state index contributed by atoms with van der Waals surface area (Å²) in [6, 6.07) is 14.2. The van der Waals surface area contributed by atoms with E-state index in [1.165, 1.54) is 16.2 Å². The van der Waals surface area contributed by atoms with Crippen molar-refractivity contribution in [2.75, 3.05) is 11.1 Å². The quantitative estimate of drug-likeness (QED) is 0.276. The average Bonchev–Trinajstić information content (AvgIpc) is 3.73. The summed E-state index contributed by atoms with van der Waals surface area (Å²) >= 11 is 9.57. The molecule has 1 atom stereocenters. The van der Waals surface area contributed by atoms with Gasteiger partial charge in [-0.05, 0) is 49.2 Å². The number of anilines is 1. The number of aromatic nitrogens is 3. The molecule has 1 aliphatic rings. The molecule has 5 rings (SSSR count). The van der Waals surface area contributed by atoms with E-state index in [2.05, 4.69) is 57.3 Å². The van der Waals surface area contributed by atoms with Crippen LogP contribution in [0, 0.1) is 23.0 Å². The number of rotatable bonds is 7. The van der Waals surface area contributed by atoms with Gasteiger partial charge in [0.05, 0.1) is 33.1 Å².